The Morgan fingerprint density at radius 2 is 2.06 bits per heavy atom. The molecule has 1 aromatic heterocycles. The number of halogens is 1. The molecule has 2 unspecified atom stereocenters. The molecule has 1 aromatic rings. The van der Waals surface area contributed by atoms with Gasteiger partial charge >= 0.3 is 0 Å². The monoisotopic (exact) mass is 284 g/mol. The summed E-state index contributed by atoms with van der Waals surface area (Å²) in [6.07, 6.45) is 5.59. The fourth-order valence-electron chi connectivity index (χ4n) is 3.54. The first-order chi connectivity index (χ1) is 8.72. The summed E-state index contributed by atoms with van der Waals surface area (Å²) < 4.78 is 0.893. The molecule has 3 rings (SSSR count). The van der Waals surface area contributed by atoms with Crippen molar-refractivity contribution in [1.29, 1.82) is 0 Å². The van der Waals surface area contributed by atoms with Crippen molar-refractivity contribution in [1.82, 2.24) is 10.2 Å². The minimum Gasteiger partial charge on any atom is -0.312 e. The van der Waals surface area contributed by atoms with Gasteiger partial charge in [-0.25, -0.2) is 0 Å². The molecule has 100 valence electrons. The van der Waals surface area contributed by atoms with E-state index in [2.05, 4.69) is 23.3 Å². The SMILES string of the molecule is CN1C2CCC1CC(CNCc1ccc(Cl)s1)C2. The standard InChI is InChI=1S/C14H21ClN2S/c1-17-11-2-3-12(17)7-10(6-11)8-16-9-13-4-5-14(15)18-13/h4-5,10-12,16H,2-3,6-9H2,1H3. The Hall–Kier alpha value is -0.0900. The van der Waals surface area contributed by atoms with Gasteiger partial charge in [-0.15, -0.1) is 11.3 Å². The third-order valence-corrected chi connectivity index (χ3v) is 5.79. The lowest BCUT2D eigenvalue weighted by atomic mass is 9.91. The van der Waals surface area contributed by atoms with Crippen LogP contribution in [0.5, 0.6) is 0 Å². The van der Waals surface area contributed by atoms with E-state index in [1.807, 2.05) is 6.07 Å². The van der Waals surface area contributed by atoms with Gasteiger partial charge in [-0.3, -0.25) is 0 Å². The minimum atomic E-state index is 0.853. The van der Waals surface area contributed by atoms with Gasteiger partial charge in [0.1, 0.15) is 0 Å². The van der Waals surface area contributed by atoms with Crippen LogP contribution in [0.1, 0.15) is 30.6 Å². The predicted octanol–water partition coefficient (Wildman–Crippen LogP) is 3.36. The number of hydrogen-bond acceptors (Lipinski definition) is 3. The van der Waals surface area contributed by atoms with Crippen molar-refractivity contribution < 1.29 is 0 Å². The number of hydrogen-bond donors (Lipinski definition) is 1. The van der Waals surface area contributed by atoms with E-state index in [4.69, 9.17) is 11.6 Å². The molecule has 4 heteroatoms. The van der Waals surface area contributed by atoms with Crippen LogP contribution in [-0.2, 0) is 6.54 Å². The molecule has 2 aliphatic heterocycles. The zero-order valence-corrected chi connectivity index (χ0v) is 12.4. The molecule has 3 heterocycles. The van der Waals surface area contributed by atoms with Gasteiger partial charge in [-0.2, -0.15) is 0 Å². The van der Waals surface area contributed by atoms with Gasteiger partial charge in [0, 0.05) is 23.5 Å². The van der Waals surface area contributed by atoms with Crippen LogP contribution in [0, 0.1) is 5.92 Å². The van der Waals surface area contributed by atoms with E-state index < -0.39 is 0 Å². The topological polar surface area (TPSA) is 15.3 Å². The first-order valence-electron chi connectivity index (χ1n) is 6.89. The van der Waals surface area contributed by atoms with Crippen LogP contribution in [0.3, 0.4) is 0 Å². The van der Waals surface area contributed by atoms with Crippen molar-refractivity contribution in [2.45, 2.75) is 44.3 Å². The third-order valence-electron chi connectivity index (χ3n) is 4.56. The largest absolute Gasteiger partial charge is 0.312 e. The van der Waals surface area contributed by atoms with E-state index in [9.17, 15) is 0 Å². The molecule has 18 heavy (non-hydrogen) atoms. The maximum Gasteiger partial charge on any atom is 0.0931 e. The average molecular weight is 285 g/mol. The molecule has 1 N–H and O–H groups in total. The Balaban J connectivity index is 1.44. The molecule has 2 aliphatic rings. The highest BCUT2D eigenvalue weighted by Gasteiger charge is 2.37. The lowest BCUT2D eigenvalue weighted by Crippen LogP contribution is -2.42. The maximum absolute atomic E-state index is 5.94. The van der Waals surface area contributed by atoms with Crippen LogP contribution in [0.4, 0.5) is 0 Å². The van der Waals surface area contributed by atoms with E-state index in [0.717, 1.165) is 35.4 Å². The fourth-order valence-corrected chi connectivity index (χ4v) is 4.59. The number of thiophene rings is 1. The van der Waals surface area contributed by atoms with Crippen molar-refractivity contribution >= 4 is 22.9 Å². The van der Waals surface area contributed by atoms with Crippen LogP contribution >= 0.6 is 22.9 Å². The molecule has 0 aromatic carbocycles. The van der Waals surface area contributed by atoms with Gasteiger partial charge in [0.25, 0.3) is 0 Å². The molecule has 0 amide bonds. The lowest BCUT2D eigenvalue weighted by Gasteiger charge is -2.36. The first-order valence-corrected chi connectivity index (χ1v) is 8.08. The van der Waals surface area contributed by atoms with Crippen LogP contribution in [-0.4, -0.2) is 30.6 Å². The Labute approximate surface area is 118 Å². The van der Waals surface area contributed by atoms with Crippen molar-refractivity contribution in [3.05, 3.63) is 21.3 Å². The zero-order chi connectivity index (χ0) is 12.5. The second-order valence-corrected chi connectivity index (χ2v) is 7.52. The van der Waals surface area contributed by atoms with E-state index in [0.29, 0.717) is 0 Å². The average Bonchev–Trinajstić information content (AvgIpc) is 2.82. The van der Waals surface area contributed by atoms with Crippen molar-refractivity contribution in [2.24, 2.45) is 5.92 Å². The first kappa shape index (κ1) is 12.9. The van der Waals surface area contributed by atoms with Gasteiger partial charge in [0.05, 0.1) is 4.34 Å². The van der Waals surface area contributed by atoms with Gasteiger partial charge in [0.15, 0.2) is 0 Å². The summed E-state index contributed by atoms with van der Waals surface area (Å²) in [4.78, 5) is 3.95. The fraction of sp³-hybridized carbons (Fsp3) is 0.714. The van der Waals surface area contributed by atoms with E-state index in [-0.39, 0.29) is 0 Å². The second-order valence-electron chi connectivity index (χ2n) is 5.72. The molecule has 0 saturated carbocycles. The summed E-state index contributed by atoms with van der Waals surface area (Å²) >= 11 is 7.62. The molecule has 0 spiro atoms. The molecule has 2 saturated heterocycles. The predicted molar refractivity (Wildman–Crippen MR) is 78.3 cm³/mol. The smallest absolute Gasteiger partial charge is 0.0931 e. The van der Waals surface area contributed by atoms with Crippen molar-refractivity contribution in [3.63, 3.8) is 0 Å². The number of nitrogens with zero attached hydrogens (tertiary/aromatic N) is 1. The Morgan fingerprint density at radius 1 is 1.33 bits per heavy atom. The molecule has 0 radical (unpaired) electrons. The highest BCUT2D eigenvalue weighted by molar-refractivity contribution is 7.16. The third kappa shape index (κ3) is 2.74. The van der Waals surface area contributed by atoms with Crippen LogP contribution < -0.4 is 5.32 Å². The Bertz CT molecular complexity index is 392. The summed E-state index contributed by atoms with van der Waals surface area (Å²) in [6.45, 7) is 2.13. The van der Waals surface area contributed by atoms with E-state index in [1.54, 1.807) is 11.3 Å². The van der Waals surface area contributed by atoms with Crippen LogP contribution in [0.25, 0.3) is 0 Å². The van der Waals surface area contributed by atoms with Gasteiger partial charge in [-0.05, 0) is 57.3 Å². The molecule has 2 bridgehead atoms. The number of nitrogens with one attached hydrogen (secondary N) is 1. The Morgan fingerprint density at radius 3 is 2.67 bits per heavy atom. The highest BCUT2D eigenvalue weighted by atomic mass is 35.5. The quantitative estimate of drug-likeness (QED) is 0.912. The molecular formula is C14H21ClN2S. The molecular weight excluding hydrogens is 264 g/mol. The maximum atomic E-state index is 5.94. The molecule has 0 aliphatic carbocycles. The van der Waals surface area contributed by atoms with E-state index >= 15 is 0 Å². The van der Waals surface area contributed by atoms with Gasteiger partial charge in [0.2, 0.25) is 0 Å². The highest BCUT2D eigenvalue weighted by Crippen LogP contribution is 2.37. The summed E-state index contributed by atoms with van der Waals surface area (Å²) in [5.41, 5.74) is 0. The lowest BCUT2D eigenvalue weighted by molar-refractivity contribution is 0.133. The van der Waals surface area contributed by atoms with Crippen molar-refractivity contribution in [3.8, 4) is 0 Å². The number of fused-ring (bicyclic) bond motifs is 2. The number of piperidine rings is 1. The second kappa shape index (κ2) is 5.49. The minimum absolute atomic E-state index is 0.853. The molecule has 2 nitrogen and oxygen atoms in total. The summed E-state index contributed by atoms with van der Waals surface area (Å²) in [6, 6.07) is 5.82. The van der Waals surface area contributed by atoms with Gasteiger partial charge < -0.3 is 10.2 Å². The number of rotatable bonds is 4. The molecule has 2 atom stereocenters. The van der Waals surface area contributed by atoms with Gasteiger partial charge in [-0.1, -0.05) is 11.6 Å². The summed E-state index contributed by atoms with van der Waals surface area (Å²) in [5.74, 6) is 0.870. The van der Waals surface area contributed by atoms with Crippen LogP contribution in [0.15, 0.2) is 12.1 Å². The normalized spacial score (nSPS) is 32.0. The summed E-state index contributed by atoms with van der Waals surface area (Å²) in [7, 11) is 2.31. The Kier molecular flexibility index (Phi) is 3.94. The van der Waals surface area contributed by atoms with E-state index in [1.165, 1.54) is 30.6 Å². The van der Waals surface area contributed by atoms with Crippen molar-refractivity contribution in [2.75, 3.05) is 13.6 Å². The summed E-state index contributed by atoms with van der Waals surface area (Å²) in [5, 5.41) is 3.60. The molecule has 2 fully saturated rings. The zero-order valence-electron chi connectivity index (χ0n) is 10.9. The van der Waals surface area contributed by atoms with Crippen LogP contribution in [0.2, 0.25) is 4.34 Å².